The first kappa shape index (κ1) is 24.2. The molecule has 1 N–H and O–H groups in total. The lowest BCUT2D eigenvalue weighted by Crippen LogP contribution is -2.07. The average molecular weight is 499 g/mol. The summed E-state index contributed by atoms with van der Waals surface area (Å²) in [6.07, 6.45) is 4.46. The molecule has 10 heteroatoms. The molecule has 2 aromatic carbocycles. The van der Waals surface area contributed by atoms with Crippen molar-refractivity contribution in [1.29, 1.82) is 0 Å². The number of methoxy groups -OCH3 is 2. The summed E-state index contributed by atoms with van der Waals surface area (Å²) in [5.41, 5.74) is 1.60. The second-order valence-corrected chi connectivity index (χ2v) is 7.80. The molecule has 0 spiro atoms. The summed E-state index contributed by atoms with van der Waals surface area (Å²) in [5.74, 6) is 0.232. The van der Waals surface area contributed by atoms with E-state index in [0.29, 0.717) is 22.8 Å². The van der Waals surface area contributed by atoms with E-state index < -0.39 is 11.6 Å². The number of rotatable bonds is 9. The number of ether oxygens (including phenoxy) is 3. The SMILES string of the molecule is COc1ccc(CNc2nccc(Cc3cncc(Oc4ccc(Cl)cc4F)n3)c2F)c(OC)c1. The molecule has 0 fully saturated rings. The highest BCUT2D eigenvalue weighted by Crippen LogP contribution is 2.27. The van der Waals surface area contributed by atoms with Gasteiger partial charge in [0.2, 0.25) is 5.88 Å². The van der Waals surface area contributed by atoms with E-state index in [1.807, 2.05) is 6.07 Å². The van der Waals surface area contributed by atoms with E-state index in [-0.39, 0.29) is 35.4 Å². The van der Waals surface area contributed by atoms with Gasteiger partial charge in [-0.1, -0.05) is 11.6 Å². The molecule has 0 aliphatic rings. The van der Waals surface area contributed by atoms with Crippen LogP contribution in [-0.4, -0.2) is 29.2 Å². The lowest BCUT2D eigenvalue weighted by atomic mass is 10.1. The number of hydrogen-bond acceptors (Lipinski definition) is 7. The fourth-order valence-corrected chi connectivity index (χ4v) is 3.47. The molecule has 0 atom stereocenters. The first-order chi connectivity index (χ1) is 17.0. The van der Waals surface area contributed by atoms with Gasteiger partial charge in [0.05, 0.1) is 26.1 Å². The van der Waals surface area contributed by atoms with Crippen molar-refractivity contribution in [2.24, 2.45) is 0 Å². The quantitative estimate of drug-likeness (QED) is 0.311. The molecular formula is C25H21ClF2N4O3. The van der Waals surface area contributed by atoms with Crippen LogP contribution in [-0.2, 0) is 13.0 Å². The van der Waals surface area contributed by atoms with Crippen LogP contribution in [0.5, 0.6) is 23.1 Å². The first-order valence-corrected chi connectivity index (χ1v) is 10.9. The van der Waals surface area contributed by atoms with Crippen molar-refractivity contribution in [3.05, 3.63) is 94.5 Å². The summed E-state index contributed by atoms with van der Waals surface area (Å²) in [4.78, 5) is 12.5. The molecule has 0 saturated carbocycles. The van der Waals surface area contributed by atoms with Crippen LogP contribution in [0.2, 0.25) is 5.02 Å². The maximum atomic E-state index is 15.2. The molecule has 0 radical (unpaired) electrons. The molecule has 0 aliphatic heterocycles. The monoisotopic (exact) mass is 498 g/mol. The number of benzene rings is 2. The predicted molar refractivity (Wildman–Crippen MR) is 127 cm³/mol. The van der Waals surface area contributed by atoms with Crippen LogP contribution in [0.25, 0.3) is 0 Å². The highest BCUT2D eigenvalue weighted by Gasteiger charge is 2.14. The number of halogens is 3. The second kappa shape index (κ2) is 11.0. The van der Waals surface area contributed by atoms with Crippen molar-refractivity contribution >= 4 is 17.4 Å². The Morgan fingerprint density at radius 2 is 1.80 bits per heavy atom. The van der Waals surface area contributed by atoms with Crippen molar-refractivity contribution in [1.82, 2.24) is 15.0 Å². The average Bonchev–Trinajstić information content (AvgIpc) is 2.86. The van der Waals surface area contributed by atoms with E-state index >= 15 is 4.39 Å². The molecule has 4 rings (SSSR count). The van der Waals surface area contributed by atoms with Crippen molar-refractivity contribution in [3.8, 4) is 23.1 Å². The molecule has 0 saturated heterocycles. The van der Waals surface area contributed by atoms with Crippen LogP contribution >= 0.6 is 11.6 Å². The van der Waals surface area contributed by atoms with E-state index in [9.17, 15) is 4.39 Å². The fourth-order valence-electron chi connectivity index (χ4n) is 3.31. The number of nitrogens with zero attached hydrogens (tertiary/aromatic N) is 3. The second-order valence-electron chi connectivity index (χ2n) is 7.37. The number of nitrogens with one attached hydrogen (secondary N) is 1. The van der Waals surface area contributed by atoms with Gasteiger partial charge in [-0.2, -0.15) is 0 Å². The minimum Gasteiger partial charge on any atom is -0.497 e. The Hall–Kier alpha value is -3.98. The van der Waals surface area contributed by atoms with Crippen molar-refractivity contribution in [2.45, 2.75) is 13.0 Å². The third-order valence-electron chi connectivity index (χ3n) is 5.05. The van der Waals surface area contributed by atoms with Crippen molar-refractivity contribution in [2.75, 3.05) is 19.5 Å². The smallest absolute Gasteiger partial charge is 0.238 e. The Kier molecular flexibility index (Phi) is 7.57. The Morgan fingerprint density at radius 3 is 2.57 bits per heavy atom. The van der Waals surface area contributed by atoms with Crippen LogP contribution in [0.4, 0.5) is 14.6 Å². The van der Waals surface area contributed by atoms with Gasteiger partial charge >= 0.3 is 0 Å². The highest BCUT2D eigenvalue weighted by atomic mass is 35.5. The summed E-state index contributed by atoms with van der Waals surface area (Å²) < 4.78 is 45.3. The molecule has 35 heavy (non-hydrogen) atoms. The maximum Gasteiger partial charge on any atom is 0.238 e. The van der Waals surface area contributed by atoms with Gasteiger partial charge in [-0.05, 0) is 42.0 Å². The Bertz CT molecular complexity index is 1340. The number of pyridine rings is 1. The third kappa shape index (κ3) is 5.93. The molecule has 7 nitrogen and oxygen atoms in total. The maximum absolute atomic E-state index is 15.2. The zero-order chi connectivity index (χ0) is 24.8. The van der Waals surface area contributed by atoms with Crippen molar-refractivity contribution in [3.63, 3.8) is 0 Å². The molecule has 0 aliphatic carbocycles. The lowest BCUT2D eigenvalue weighted by Gasteiger charge is -2.13. The lowest BCUT2D eigenvalue weighted by molar-refractivity contribution is 0.391. The molecule has 0 amide bonds. The Labute approximate surface area is 205 Å². The molecule has 2 aromatic heterocycles. The van der Waals surface area contributed by atoms with Gasteiger partial charge < -0.3 is 19.5 Å². The van der Waals surface area contributed by atoms with Crippen LogP contribution in [0.1, 0.15) is 16.8 Å². The highest BCUT2D eigenvalue weighted by molar-refractivity contribution is 6.30. The topological polar surface area (TPSA) is 78.4 Å². The predicted octanol–water partition coefficient (Wildman–Crippen LogP) is 5.82. The summed E-state index contributed by atoms with van der Waals surface area (Å²) in [5, 5.41) is 3.25. The van der Waals surface area contributed by atoms with Crippen LogP contribution < -0.4 is 19.5 Å². The zero-order valence-electron chi connectivity index (χ0n) is 18.9. The van der Waals surface area contributed by atoms with Crippen LogP contribution in [0.3, 0.4) is 0 Å². The normalized spacial score (nSPS) is 10.7. The number of aromatic nitrogens is 3. The summed E-state index contributed by atoms with van der Waals surface area (Å²) in [6, 6.07) is 11.0. The van der Waals surface area contributed by atoms with E-state index in [1.165, 1.54) is 30.7 Å². The van der Waals surface area contributed by atoms with Crippen LogP contribution in [0.15, 0.2) is 61.1 Å². The Balaban J connectivity index is 1.48. The summed E-state index contributed by atoms with van der Waals surface area (Å²) >= 11 is 5.77. The molecule has 0 bridgehead atoms. The molecule has 0 unspecified atom stereocenters. The largest absolute Gasteiger partial charge is 0.497 e. The van der Waals surface area contributed by atoms with Gasteiger partial charge in [-0.25, -0.2) is 18.7 Å². The van der Waals surface area contributed by atoms with E-state index in [2.05, 4.69) is 20.3 Å². The van der Waals surface area contributed by atoms with Gasteiger partial charge in [-0.15, -0.1) is 0 Å². The van der Waals surface area contributed by atoms with Gasteiger partial charge in [0.1, 0.15) is 11.5 Å². The first-order valence-electron chi connectivity index (χ1n) is 10.5. The third-order valence-corrected chi connectivity index (χ3v) is 5.29. The standard InChI is InChI=1S/C25H21ClF2N4O3/c1-33-19-5-3-16(22(11-19)34-2)12-31-25-24(28)15(7-8-30-25)9-18-13-29-14-23(32-18)35-21-6-4-17(26)10-20(21)27/h3-8,10-11,13-14H,9,12H2,1-2H3,(H,30,31). The summed E-state index contributed by atoms with van der Waals surface area (Å²) in [7, 11) is 3.12. The Morgan fingerprint density at radius 1 is 0.943 bits per heavy atom. The number of anilines is 1. The van der Waals surface area contributed by atoms with E-state index in [0.717, 1.165) is 11.6 Å². The van der Waals surface area contributed by atoms with Crippen LogP contribution in [0, 0.1) is 11.6 Å². The minimum atomic E-state index is -0.630. The van der Waals surface area contributed by atoms with E-state index in [1.54, 1.807) is 32.4 Å². The zero-order valence-corrected chi connectivity index (χ0v) is 19.6. The van der Waals surface area contributed by atoms with Gasteiger partial charge in [-0.3, -0.25) is 4.98 Å². The summed E-state index contributed by atoms with van der Waals surface area (Å²) in [6.45, 7) is 0.288. The fraction of sp³-hybridized carbons (Fsp3) is 0.160. The van der Waals surface area contributed by atoms with Gasteiger partial charge in [0.25, 0.3) is 0 Å². The van der Waals surface area contributed by atoms with Gasteiger partial charge in [0, 0.05) is 42.0 Å². The molecule has 180 valence electrons. The molecular weight excluding hydrogens is 478 g/mol. The minimum absolute atomic E-state index is 0.0450. The molecule has 2 heterocycles. The molecule has 4 aromatic rings. The van der Waals surface area contributed by atoms with E-state index in [4.69, 9.17) is 25.8 Å². The van der Waals surface area contributed by atoms with Crippen molar-refractivity contribution < 1.29 is 23.0 Å². The number of hydrogen-bond donors (Lipinski definition) is 1. The van der Waals surface area contributed by atoms with Gasteiger partial charge in [0.15, 0.2) is 23.2 Å².